The fourth-order valence-corrected chi connectivity index (χ4v) is 1.74. The minimum Gasteiger partial charge on any atom is -0.468 e. The molecule has 0 radical (unpaired) electrons. The van der Waals surface area contributed by atoms with Crippen molar-refractivity contribution in [3.8, 4) is 0 Å². The first kappa shape index (κ1) is 13.2. The van der Waals surface area contributed by atoms with Gasteiger partial charge in [0.05, 0.1) is 17.8 Å². The van der Waals surface area contributed by atoms with Crippen molar-refractivity contribution < 1.29 is 9.53 Å². The van der Waals surface area contributed by atoms with E-state index in [1.807, 2.05) is 13.1 Å². The lowest BCUT2D eigenvalue weighted by Gasteiger charge is -2.14. The molecule has 0 spiro atoms. The Balaban J connectivity index is 2.46. The number of carbonyl (C=O) groups is 1. The quantitative estimate of drug-likeness (QED) is 0.800. The minimum absolute atomic E-state index is 0.229. The first-order valence-electron chi connectivity index (χ1n) is 5.16. The van der Waals surface area contributed by atoms with E-state index in [0.717, 1.165) is 11.0 Å². The summed E-state index contributed by atoms with van der Waals surface area (Å²) in [7, 11) is 1.40. The molecule has 0 aliphatic heterocycles. The van der Waals surface area contributed by atoms with E-state index in [9.17, 15) is 4.79 Å². The number of halogens is 1. The summed E-state index contributed by atoms with van der Waals surface area (Å²) in [5.41, 5.74) is 0. The predicted octanol–water partition coefficient (Wildman–Crippen LogP) is 1.19. The Bertz CT molecular complexity index is 341. The first-order chi connectivity index (χ1) is 7.67. The molecule has 0 saturated heterocycles. The van der Waals surface area contributed by atoms with Crippen LogP contribution in [0.4, 0.5) is 0 Å². The van der Waals surface area contributed by atoms with Crippen molar-refractivity contribution in [1.29, 1.82) is 0 Å². The summed E-state index contributed by atoms with van der Waals surface area (Å²) in [5.74, 6) is -0.229. The molecule has 90 valence electrons. The number of ether oxygens (including phenoxy) is 1. The number of methoxy groups -OCH3 is 1. The van der Waals surface area contributed by atoms with Crippen molar-refractivity contribution in [3.05, 3.63) is 16.9 Å². The van der Waals surface area contributed by atoms with Crippen molar-refractivity contribution >= 4 is 21.9 Å². The SMILES string of the molecule is CCNC(CCn1cc(Br)cn1)C(=O)OC. The molecule has 1 unspecified atom stereocenters. The minimum atomic E-state index is -0.266. The third kappa shape index (κ3) is 3.94. The van der Waals surface area contributed by atoms with Crippen LogP contribution in [0.15, 0.2) is 16.9 Å². The maximum absolute atomic E-state index is 11.4. The lowest BCUT2D eigenvalue weighted by Crippen LogP contribution is -2.38. The lowest BCUT2D eigenvalue weighted by molar-refractivity contribution is -0.143. The molecule has 0 amide bonds. The molecular formula is C10H16BrN3O2. The van der Waals surface area contributed by atoms with Crippen molar-refractivity contribution in [1.82, 2.24) is 15.1 Å². The van der Waals surface area contributed by atoms with Gasteiger partial charge in [-0.1, -0.05) is 6.92 Å². The third-order valence-corrected chi connectivity index (χ3v) is 2.59. The topological polar surface area (TPSA) is 56.2 Å². The Morgan fingerprint density at radius 3 is 3.00 bits per heavy atom. The molecular weight excluding hydrogens is 274 g/mol. The maximum Gasteiger partial charge on any atom is 0.322 e. The van der Waals surface area contributed by atoms with E-state index in [1.54, 1.807) is 10.9 Å². The van der Waals surface area contributed by atoms with Crippen LogP contribution in [0.5, 0.6) is 0 Å². The van der Waals surface area contributed by atoms with Gasteiger partial charge in [0.2, 0.25) is 0 Å². The van der Waals surface area contributed by atoms with E-state index < -0.39 is 0 Å². The van der Waals surface area contributed by atoms with Crippen LogP contribution in [-0.4, -0.2) is 35.4 Å². The van der Waals surface area contributed by atoms with E-state index in [4.69, 9.17) is 4.74 Å². The maximum atomic E-state index is 11.4. The highest BCUT2D eigenvalue weighted by Gasteiger charge is 2.17. The summed E-state index contributed by atoms with van der Waals surface area (Å²) < 4.78 is 7.44. The van der Waals surface area contributed by atoms with Gasteiger partial charge in [-0.05, 0) is 28.9 Å². The molecule has 6 heteroatoms. The molecule has 0 fully saturated rings. The van der Waals surface area contributed by atoms with Crippen LogP contribution in [0.3, 0.4) is 0 Å². The Hall–Kier alpha value is -0.880. The van der Waals surface area contributed by atoms with E-state index >= 15 is 0 Å². The van der Waals surface area contributed by atoms with Gasteiger partial charge < -0.3 is 10.1 Å². The smallest absolute Gasteiger partial charge is 0.322 e. The summed E-state index contributed by atoms with van der Waals surface area (Å²) in [6, 6.07) is -0.266. The van der Waals surface area contributed by atoms with E-state index in [-0.39, 0.29) is 12.0 Å². The van der Waals surface area contributed by atoms with Gasteiger partial charge in [0, 0.05) is 12.7 Å². The number of hydrogen-bond acceptors (Lipinski definition) is 4. The highest BCUT2D eigenvalue weighted by molar-refractivity contribution is 9.10. The zero-order chi connectivity index (χ0) is 12.0. The second-order valence-electron chi connectivity index (χ2n) is 3.34. The average molecular weight is 290 g/mol. The molecule has 1 N–H and O–H groups in total. The van der Waals surface area contributed by atoms with E-state index in [2.05, 4.69) is 26.3 Å². The van der Waals surface area contributed by atoms with Crippen molar-refractivity contribution in [2.45, 2.75) is 25.9 Å². The fraction of sp³-hybridized carbons (Fsp3) is 0.600. The second-order valence-corrected chi connectivity index (χ2v) is 4.26. The predicted molar refractivity (Wildman–Crippen MR) is 64.0 cm³/mol. The highest BCUT2D eigenvalue weighted by Crippen LogP contribution is 2.07. The molecule has 1 rings (SSSR count). The number of rotatable bonds is 6. The molecule has 0 aliphatic rings. The van der Waals surface area contributed by atoms with Gasteiger partial charge in [0.15, 0.2) is 0 Å². The van der Waals surface area contributed by atoms with Crippen LogP contribution in [0.2, 0.25) is 0 Å². The third-order valence-electron chi connectivity index (χ3n) is 2.18. The summed E-state index contributed by atoms with van der Waals surface area (Å²) in [4.78, 5) is 11.4. The van der Waals surface area contributed by atoms with Gasteiger partial charge in [-0.15, -0.1) is 0 Å². The standard InChI is InChI=1S/C10H16BrN3O2/c1-3-12-9(10(15)16-2)4-5-14-7-8(11)6-13-14/h6-7,9,12H,3-5H2,1-2H3. The number of nitrogens with zero attached hydrogens (tertiary/aromatic N) is 2. The van der Waals surface area contributed by atoms with Crippen LogP contribution in [0.1, 0.15) is 13.3 Å². The molecule has 1 aromatic heterocycles. The number of esters is 1. The Labute approximate surface area is 103 Å². The molecule has 0 aromatic carbocycles. The van der Waals surface area contributed by atoms with Gasteiger partial charge in [-0.3, -0.25) is 9.48 Å². The van der Waals surface area contributed by atoms with Crippen LogP contribution < -0.4 is 5.32 Å². The summed E-state index contributed by atoms with van der Waals surface area (Å²) >= 11 is 3.32. The number of carbonyl (C=O) groups excluding carboxylic acids is 1. The summed E-state index contributed by atoms with van der Waals surface area (Å²) in [6.07, 6.45) is 4.26. The Morgan fingerprint density at radius 2 is 2.50 bits per heavy atom. The van der Waals surface area contributed by atoms with Gasteiger partial charge in [0.25, 0.3) is 0 Å². The van der Waals surface area contributed by atoms with Crippen LogP contribution >= 0.6 is 15.9 Å². The van der Waals surface area contributed by atoms with Gasteiger partial charge in [-0.2, -0.15) is 5.10 Å². The lowest BCUT2D eigenvalue weighted by atomic mass is 10.2. The monoisotopic (exact) mass is 289 g/mol. The van der Waals surface area contributed by atoms with Crippen molar-refractivity contribution in [2.75, 3.05) is 13.7 Å². The highest BCUT2D eigenvalue weighted by atomic mass is 79.9. The molecule has 16 heavy (non-hydrogen) atoms. The fourth-order valence-electron chi connectivity index (χ4n) is 1.41. The number of likely N-dealkylation sites (N-methyl/N-ethyl adjacent to an activating group) is 1. The Morgan fingerprint density at radius 1 is 1.75 bits per heavy atom. The van der Waals surface area contributed by atoms with Crippen molar-refractivity contribution in [3.63, 3.8) is 0 Å². The largest absolute Gasteiger partial charge is 0.468 e. The second kappa shape index (κ2) is 6.65. The first-order valence-corrected chi connectivity index (χ1v) is 5.95. The average Bonchev–Trinajstić information content (AvgIpc) is 2.69. The van der Waals surface area contributed by atoms with Crippen molar-refractivity contribution in [2.24, 2.45) is 0 Å². The zero-order valence-electron chi connectivity index (χ0n) is 9.44. The van der Waals surface area contributed by atoms with Crippen LogP contribution in [-0.2, 0) is 16.1 Å². The van der Waals surface area contributed by atoms with Gasteiger partial charge in [-0.25, -0.2) is 0 Å². The normalized spacial score (nSPS) is 12.4. The number of nitrogens with one attached hydrogen (secondary N) is 1. The molecule has 0 aliphatic carbocycles. The van der Waals surface area contributed by atoms with Crippen LogP contribution in [0, 0.1) is 0 Å². The summed E-state index contributed by atoms with van der Waals surface area (Å²) in [5, 5.41) is 7.21. The van der Waals surface area contributed by atoms with Gasteiger partial charge in [0.1, 0.15) is 6.04 Å². The molecule has 5 nitrogen and oxygen atoms in total. The molecule has 1 heterocycles. The number of hydrogen-bond donors (Lipinski definition) is 1. The zero-order valence-corrected chi connectivity index (χ0v) is 11.0. The molecule has 0 saturated carbocycles. The van der Waals surface area contributed by atoms with Crippen LogP contribution in [0.25, 0.3) is 0 Å². The molecule has 1 aromatic rings. The van der Waals surface area contributed by atoms with E-state index in [0.29, 0.717) is 13.0 Å². The number of aromatic nitrogens is 2. The molecule has 0 bridgehead atoms. The molecule has 1 atom stereocenters. The Kier molecular flexibility index (Phi) is 5.48. The van der Waals surface area contributed by atoms with Gasteiger partial charge >= 0.3 is 5.97 Å². The summed E-state index contributed by atoms with van der Waals surface area (Å²) in [6.45, 7) is 3.38. The van der Waals surface area contributed by atoms with E-state index in [1.165, 1.54) is 7.11 Å². The number of aryl methyl sites for hydroxylation is 1.